The number of nitrogens with one attached hydrogen (secondary N) is 1. The Bertz CT molecular complexity index is 665. The van der Waals surface area contributed by atoms with Gasteiger partial charge in [0.25, 0.3) is 0 Å². The Kier molecular flexibility index (Phi) is 4.98. The average molecular weight is 304 g/mol. The van der Waals surface area contributed by atoms with Crippen molar-refractivity contribution in [3.8, 4) is 0 Å². The van der Waals surface area contributed by atoms with E-state index in [0.29, 0.717) is 17.9 Å². The molecule has 0 aromatic heterocycles. The van der Waals surface area contributed by atoms with Crippen LogP contribution in [0.25, 0.3) is 0 Å². The highest BCUT2D eigenvalue weighted by atomic mass is 32.2. The lowest BCUT2D eigenvalue weighted by molar-refractivity contribution is 0.581. The van der Waals surface area contributed by atoms with Crippen LogP contribution in [-0.2, 0) is 16.4 Å². The van der Waals surface area contributed by atoms with Gasteiger partial charge in [0.1, 0.15) is 0 Å². The van der Waals surface area contributed by atoms with E-state index in [-0.39, 0.29) is 0 Å². The number of nitrogens with zero attached hydrogens (tertiary/aromatic N) is 1. The quantitative estimate of drug-likeness (QED) is 0.890. The van der Waals surface area contributed by atoms with E-state index in [1.807, 2.05) is 49.3 Å². The molecule has 0 aliphatic rings. The van der Waals surface area contributed by atoms with Crippen molar-refractivity contribution in [1.29, 1.82) is 0 Å². The van der Waals surface area contributed by atoms with Gasteiger partial charge in [0.2, 0.25) is 10.0 Å². The smallest absolute Gasteiger partial charge is 0.240 e. The number of benzene rings is 2. The first-order valence-corrected chi connectivity index (χ1v) is 8.28. The Morgan fingerprint density at radius 1 is 0.952 bits per heavy atom. The molecule has 0 atom stereocenters. The topological polar surface area (TPSA) is 49.4 Å². The molecule has 1 N–H and O–H groups in total. The highest BCUT2D eigenvalue weighted by Crippen LogP contribution is 2.15. The van der Waals surface area contributed by atoms with Crippen molar-refractivity contribution in [3.63, 3.8) is 0 Å². The first-order valence-electron chi connectivity index (χ1n) is 6.80. The molecule has 0 aliphatic heterocycles. The number of hydrogen-bond acceptors (Lipinski definition) is 3. The van der Waals surface area contributed by atoms with Crippen LogP contribution in [0.4, 0.5) is 5.69 Å². The van der Waals surface area contributed by atoms with Crippen LogP contribution in [-0.4, -0.2) is 29.1 Å². The van der Waals surface area contributed by atoms with E-state index in [9.17, 15) is 8.42 Å². The van der Waals surface area contributed by atoms with E-state index >= 15 is 0 Å². The summed E-state index contributed by atoms with van der Waals surface area (Å²) in [5.41, 5.74) is 2.08. The molecule has 0 radical (unpaired) electrons. The minimum absolute atomic E-state index is 0.293. The van der Waals surface area contributed by atoms with Gasteiger partial charge in [-0.25, -0.2) is 13.1 Å². The van der Waals surface area contributed by atoms with Gasteiger partial charge in [0.15, 0.2) is 0 Å². The minimum atomic E-state index is -3.44. The maximum Gasteiger partial charge on any atom is 0.240 e. The van der Waals surface area contributed by atoms with Crippen molar-refractivity contribution in [1.82, 2.24) is 4.72 Å². The first kappa shape index (κ1) is 15.5. The van der Waals surface area contributed by atoms with Gasteiger partial charge in [0.05, 0.1) is 4.90 Å². The second-order valence-corrected chi connectivity index (χ2v) is 6.79. The van der Waals surface area contributed by atoms with Gasteiger partial charge in [0, 0.05) is 26.3 Å². The fourth-order valence-electron chi connectivity index (χ4n) is 1.98. The molecular weight excluding hydrogens is 284 g/mol. The lowest BCUT2D eigenvalue weighted by Crippen LogP contribution is -2.26. The second kappa shape index (κ2) is 6.74. The zero-order chi connectivity index (χ0) is 15.3. The summed E-state index contributed by atoms with van der Waals surface area (Å²) in [7, 11) is 0.395. The Labute approximate surface area is 126 Å². The zero-order valence-electron chi connectivity index (χ0n) is 12.3. The molecule has 2 aromatic carbocycles. The summed E-state index contributed by atoms with van der Waals surface area (Å²) in [5.74, 6) is 0. The van der Waals surface area contributed by atoms with Crippen LogP contribution in [0.5, 0.6) is 0 Å². The molecule has 4 nitrogen and oxygen atoms in total. The third-order valence-electron chi connectivity index (χ3n) is 3.21. The molecule has 0 heterocycles. The molecule has 0 fully saturated rings. The molecular formula is C16H20N2O2S. The molecule has 2 rings (SSSR count). The Hall–Kier alpha value is -1.85. The third-order valence-corrected chi connectivity index (χ3v) is 4.69. The van der Waals surface area contributed by atoms with E-state index in [4.69, 9.17) is 0 Å². The predicted molar refractivity (Wildman–Crippen MR) is 86.1 cm³/mol. The first-order chi connectivity index (χ1) is 9.99. The lowest BCUT2D eigenvalue weighted by atomic mass is 10.2. The van der Waals surface area contributed by atoms with Crippen LogP contribution in [0.2, 0.25) is 0 Å². The van der Waals surface area contributed by atoms with Crippen molar-refractivity contribution < 1.29 is 8.42 Å². The molecule has 0 spiro atoms. The molecule has 0 bridgehead atoms. The van der Waals surface area contributed by atoms with Crippen LogP contribution < -0.4 is 9.62 Å². The van der Waals surface area contributed by atoms with Crippen LogP contribution >= 0.6 is 0 Å². The highest BCUT2D eigenvalue weighted by Gasteiger charge is 2.13. The Balaban J connectivity index is 1.98. The fourth-order valence-corrected chi connectivity index (χ4v) is 3.01. The molecule has 0 amide bonds. The predicted octanol–water partition coefficient (Wildman–Crippen LogP) is 2.27. The van der Waals surface area contributed by atoms with Crippen LogP contribution in [0.1, 0.15) is 5.56 Å². The normalized spacial score (nSPS) is 11.3. The number of anilines is 1. The monoisotopic (exact) mass is 304 g/mol. The van der Waals surface area contributed by atoms with Gasteiger partial charge in [-0.15, -0.1) is 0 Å². The molecule has 0 saturated carbocycles. The van der Waals surface area contributed by atoms with Gasteiger partial charge in [-0.05, 0) is 36.2 Å². The molecule has 2 aromatic rings. The van der Waals surface area contributed by atoms with Crippen LogP contribution in [0.15, 0.2) is 59.5 Å². The average Bonchev–Trinajstić information content (AvgIpc) is 2.48. The molecule has 5 heteroatoms. The Morgan fingerprint density at radius 3 is 2.14 bits per heavy atom. The molecule has 112 valence electrons. The van der Waals surface area contributed by atoms with Crippen molar-refractivity contribution in [2.75, 3.05) is 25.5 Å². The summed E-state index contributed by atoms with van der Waals surface area (Å²) in [6, 6.07) is 16.7. The van der Waals surface area contributed by atoms with E-state index in [0.717, 1.165) is 11.3 Å². The van der Waals surface area contributed by atoms with Crippen molar-refractivity contribution >= 4 is 15.7 Å². The summed E-state index contributed by atoms with van der Waals surface area (Å²) in [6.45, 7) is 0.391. The molecule has 0 unspecified atom stereocenters. The maximum absolute atomic E-state index is 12.2. The molecule has 21 heavy (non-hydrogen) atoms. The second-order valence-electron chi connectivity index (χ2n) is 5.02. The third kappa shape index (κ3) is 4.31. The van der Waals surface area contributed by atoms with Gasteiger partial charge >= 0.3 is 0 Å². The maximum atomic E-state index is 12.2. The van der Waals surface area contributed by atoms with Gasteiger partial charge in [-0.3, -0.25) is 0 Å². The highest BCUT2D eigenvalue weighted by molar-refractivity contribution is 7.89. The van der Waals surface area contributed by atoms with Gasteiger partial charge in [-0.1, -0.05) is 30.3 Å². The molecule has 0 saturated heterocycles. The largest absolute Gasteiger partial charge is 0.378 e. The van der Waals surface area contributed by atoms with E-state index < -0.39 is 10.0 Å². The summed E-state index contributed by atoms with van der Waals surface area (Å²) in [6.07, 6.45) is 0.676. The summed E-state index contributed by atoms with van der Waals surface area (Å²) in [4.78, 5) is 2.22. The lowest BCUT2D eigenvalue weighted by Gasteiger charge is -2.13. The summed E-state index contributed by atoms with van der Waals surface area (Å²) >= 11 is 0. The van der Waals surface area contributed by atoms with E-state index in [1.165, 1.54) is 0 Å². The number of sulfonamides is 1. The minimum Gasteiger partial charge on any atom is -0.378 e. The van der Waals surface area contributed by atoms with Crippen molar-refractivity contribution in [3.05, 3.63) is 60.2 Å². The van der Waals surface area contributed by atoms with E-state index in [2.05, 4.69) is 4.72 Å². The van der Waals surface area contributed by atoms with E-state index in [1.54, 1.807) is 24.3 Å². The Morgan fingerprint density at radius 2 is 1.57 bits per heavy atom. The van der Waals surface area contributed by atoms with Gasteiger partial charge in [-0.2, -0.15) is 0 Å². The molecule has 0 aliphatic carbocycles. The number of hydrogen-bond donors (Lipinski definition) is 1. The van der Waals surface area contributed by atoms with Crippen LogP contribution in [0.3, 0.4) is 0 Å². The summed E-state index contributed by atoms with van der Waals surface area (Å²) in [5, 5.41) is 0. The number of rotatable bonds is 6. The van der Waals surface area contributed by atoms with Crippen molar-refractivity contribution in [2.45, 2.75) is 11.3 Å². The van der Waals surface area contributed by atoms with Crippen molar-refractivity contribution in [2.24, 2.45) is 0 Å². The fraction of sp³-hybridized carbons (Fsp3) is 0.250. The SMILES string of the molecule is CN(C)c1ccc(S(=O)(=O)NCCc2ccccc2)cc1. The van der Waals surface area contributed by atoms with Crippen LogP contribution in [0, 0.1) is 0 Å². The summed E-state index contributed by atoms with van der Waals surface area (Å²) < 4.78 is 27.0. The zero-order valence-corrected chi connectivity index (χ0v) is 13.1. The standard InChI is InChI=1S/C16H20N2O2S/c1-18(2)15-8-10-16(11-9-15)21(19,20)17-13-12-14-6-4-3-5-7-14/h3-11,17H,12-13H2,1-2H3. The van der Waals surface area contributed by atoms with Gasteiger partial charge < -0.3 is 4.90 Å².